The van der Waals surface area contributed by atoms with Crippen LogP contribution in [0, 0.1) is 5.41 Å². The van der Waals surface area contributed by atoms with Crippen molar-refractivity contribution in [3.63, 3.8) is 0 Å². The summed E-state index contributed by atoms with van der Waals surface area (Å²) < 4.78 is 4.36. The van der Waals surface area contributed by atoms with E-state index in [0.717, 1.165) is 25.7 Å². The molecule has 0 atom stereocenters. The predicted molar refractivity (Wildman–Crippen MR) is 43.3 cm³/mol. The van der Waals surface area contributed by atoms with E-state index in [1.807, 2.05) is 6.92 Å². The van der Waals surface area contributed by atoms with Crippen molar-refractivity contribution >= 4 is 12.4 Å². The van der Waals surface area contributed by atoms with Crippen LogP contribution in [0.25, 0.3) is 0 Å². The molecule has 0 aromatic rings. The molecule has 1 saturated carbocycles. The topological polar surface area (TPSA) is 43.4 Å². The zero-order valence-corrected chi connectivity index (χ0v) is 7.34. The van der Waals surface area contributed by atoms with Crippen LogP contribution in [0.5, 0.6) is 0 Å². The van der Waals surface area contributed by atoms with Crippen LogP contribution in [0.1, 0.15) is 39.0 Å². The van der Waals surface area contributed by atoms with E-state index >= 15 is 0 Å². The Labute approximate surface area is 72.1 Å². The summed E-state index contributed by atoms with van der Waals surface area (Å²) >= 11 is 0. The second-order valence-corrected chi connectivity index (χ2v) is 3.62. The molecular weight excluding hydrogens is 156 g/mol. The number of hydrogen-bond donors (Lipinski definition) is 0. The van der Waals surface area contributed by atoms with E-state index in [0.29, 0.717) is 0 Å². The molecule has 3 heteroatoms. The second-order valence-electron chi connectivity index (χ2n) is 3.62. The number of carbonyl (C=O) groups excluding carboxylic acids is 2. The lowest BCUT2D eigenvalue weighted by Gasteiger charge is -2.29. The van der Waals surface area contributed by atoms with Gasteiger partial charge in [-0.2, -0.15) is 0 Å². The van der Waals surface area contributed by atoms with Crippen molar-refractivity contribution in [1.29, 1.82) is 0 Å². The lowest BCUT2D eigenvalue weighted by atomic mass is 9.76. The molecule has 0 bridgehead atoms. The lowest BCUT2D eigenvalue weighted by molar-refractivity contribution is -0.161. The molecule has 0 radical (unpaired) electrons. The van der Waals surface area contributed by atoms with Crippen LogP contribution in [-0.2, 0) is 14.3 Å². The van der Waals surface area contributed by atoms with Crippen LogP contribution in [0.15, 0.2) is 0 Å². The smallest absolute Gasteiger partial charge is 0.319 e. The molecule has 0 N–H and O–H groups in total. The van der Waals surface area contributed by atoms with Gasteiger partial charge in [-0.1, -0.05) is 19.3 Å². The van der Waals surface area contributed by atoms with Gasteiger partial charge < -0.3 is 4.74 Å². The summed E-state index contributed by atoms with van der Waals surface area (Å²) in [6, 6.07) is 0. The highest BCUT2D eigenvalue weighted by Crippen LogP contribution is 2.36. The third-order valence-electron chi connectivity index (χ3n) is 2.61. The molecule has 1 fully saturated rings. The predicted octanol–water partition coefficient (Wildman–Crippen LogP) is 1.66. The monoisotopic (exact) mass is 170 g/mol. The molecule has 1 aliphatic rings. The van der Waals surface area contributed by atoms with Crippen molar-refractivity contribution in [2.24, 2.45) is 5.41 Å². The van der Waals surface area contributed by atoms with Crippen molar-refractivity contribution in [1.82, 2.24) is 0 Å². The Morgan fingerprint density at radius 1 is 1.33 bits per heavy atom. The fraction of sp³-hybridized carbons (Fsp3) is 0.778. The van der Waals surface area contributed by atoms with Gasteiger partial charge in [0, 0.05) is 0 Å². The van der Waals surface area contributed by atoms with Gasteiger partial charge in [-0.25, -0.2) is 0 Å². The van der Waals surface area contributed by atoms with Crippen molar-refractivity contribution in [2.75, 3.05) is 0 Å². The Balaban J connectivity index is 2.55. The van der Waals surface area contributed by atoms with E-state index in [1.54, 1.807) is 0 Å². The maximum Gasteiger partial charge on any atom is 0.319 e. The van der Waals surface area contributed by atoms with Crippen LogP contribution in [0.2, 0.25) is 0 Å². The minimum absolute atomic E-state index is 0.224. The summed E-state index contributed by atoms with van der Waals surface area (Å²) in [6.07, 6.45) is 5.00. The highest BCUT2D eigenvalue weighted by molar-refractivity contribution is 5.81. The van der Waals surface area contributed by atoms with E-state index < -0.39 is 5.41 Å². The molecule has 0 aliphatic heterocycles. The van der Waals surface area contributed by atoms with Crippen molar-refractivity contribution < 1.29 is 14.3 Å². The zero-order chi connectivity index (χ0) is 9.03. The van der Waals surface area contributed by atoms with Gasteiger partial charge in [-0.05, 0) is 19.8 Å². The minimum Gasteiger partial charge on any atom is -0.395 e. The van der Waals surface area contributed by atoms with Gasteiger partial charge in [0.25, 0.3) is 0 Å². The van der Waals surface area contributed by atoms with E-state index in [4.69, 9.17) is 0 Å². The van der Waals surface area contributed by atoms with Gasteiger partial charge in [0.05, 0.1) is 5.41 Å². The molecule has 1 aliphatic carbocycles. The molecule has 3 nitrogen and oxygen atoms in total. The summed E-state index contributed by atoms with van der Waals surface area (Å²) in [5, 5.41) is 0. The zero-order valence-electron chi connectivity index (χ0n) is 7.34. The maximum atomic E-state index is 11.3. The Hall–Kier alpha value is -0.860. The fourth-order valence-corrected chi connectivity index (χ4v) is 1.72. The highest BCUT2D eigenvalue weighted by Gasteiger charge is 2.35. The molecule has 0 heterocycles. The molecular formula is C9H14O3. The summed E-state index contributed by atoms with van der Waals surface area (Å²) in [5.74, 6) is -0.364. The number of hydrogen-bond acceptors (Lipinski definition) is 3. The molecule has 0 unspecified atom stereocenters. The molecule has 1 rings (SSSR count). The van der Waals surface area contributed by atoms with Gasteiger partial charge in [0.2, 0.25) is 0 Å². The SMILES string of the molecule is CC1(C(=O)OC=O)CCCCC1. The van der Waals surface area contributed by atoms with E-state index in [9.17, 15) is 9.59 Å². The normalized spacial score (nSPS) is 21.4. The number of ether oxygens (including phenoxy) is 1. The lowest BCUT2D eigenvalue weighted by Crippen LogP contribution is -2.31. The highest BCUT2D eigenvalue weighted by atomic mass is 16.6. The summed E-state index contributed by atoms with van der Waals surface area (Å²) in [7, 11) is 0. The largest absolute Gasteiger partial charge is 0.395 e. The van der Waals surface area contributed by atoms with Crippen molar-refractivity contribution in [2.45, 2.75) is 39.0 Å². The first kappa shape index (κ1) is 9.23. The quantitative estimate of drug-likeness (QED) is 0.359. The molecule has 12 heavy (non-hydrogen) atoms. The standard InChI is InChI=1S/C9H14O3/c1-9(8(11)12-7-10)5-3-2-4-6-9/h7H,2-6H2,1H3. The number of carbonyl (C=O) groups is 2. The Morgan fingerprint density at radius 2 is 1.92 bits per heavy atom. The fourth-order valence-electron chi connectivity index (χ4n) is 1.72. The first-order valence-corrected chi connectivity index (χ1v) is 4.34. The molecule has 0 aromatic carbocycles. The van der Waals surface area contributed by atoms with E-state index in [2.05, 4.69) is 4.74 Å². The van der Waals surface area contributed by atoms with Crippen LogP contribution < -0.4 is 0 Å². The van der Waals surface area contributed by atoms with Crippen LogP contribution in [-0.4, -0.2) is 12.4 Å². The van der Waals surface area contributed by atoms with E-state index in [-0.39, 0.29) is 12.4 Å². The number of esters is 1. The summed E-state index contributed by atoms with van der Waals surface area (Å²) in [4.78, 5) is 21.2. The molecule has 68 valence electrons. The average Bonchev–Trinajstić information content (AvgIpc) is 2.06. The Bertz CT molecular complexity index is 180. The van der Waals surface area contributed by atoms with Crippen LogP contribution in [0.4, 0.5) is 0 Å². The molecule has 0 amide bonds. The molecule has 0 saturated heterocycles. The van der Waals surface area contributed by atoms with Crippen molar-refractivity contribution in [3.05, 3.63) is 0 Å². The van der Waals surface area contributed by atoms with Gasteiger partial charge in [0.1, 0.15) is 0 Å². The van der Waals surface area contributed by atoms with Gasteiger partial charge in [-0.15, -0.1) is 0 Å². The van der Waals surface area contributed by atoms with Crippen LogP contribution in [0.3, 0.4) is 0 Å². The third kappa shape index (κ3) is 1.84. The maximum absolute atomic E-state index is 11.3. The summed E-state index contributed by atoms with van der Waals surface area (Å²) in [5.41, 5.74) is -0.404. The van der Waals surface area contributed by atoms with E-state index in [1.165, 1.54) is 6.42 Å². The van der Waals surface area contributed by atoms with Gasteiger partial charge in [0.15, 0.2) is 0 Å². The summed E-state index contributed by atoms with van der Waals surface area (Å²) in [6.45, 7) is 2.10. The third-order valence-corrected chi connectivity index (χ3v) is 2.61. The Morgan fingerprint density at radius 3 is 2.42 bits per heavy atom. The second kappa shape index (κ2) is 3.70. The van der Waals surface area contributed by atoms with Gasteiger partial charge in [-0.3, -0.25) is 9.59 Å². The Kier molecular flexibility index (Phi) is 2.84. The first-order chi connectivity index (χ1) is 5.69. The molecule has 0 aromatic heterocycles. The molecule has 0 spiro atoms. The van der Waals surface area contributed by atoms with Crippen LogP contribution >= 0.6 is 0 Å². The first-order valence-electron chi connectivity index (χ1n) is 4.34. The minimum atomic E-state index is -0.404. The van der Waals surface area contributed by atoms with Crippen molar-refractivity contribution in [3.8, 4) is 0 Å². The number of rotatable bonds is 2. The van der Waals surface area contributed by atoms with Gasteiger partial charge >= 0.3 is 12.4 Å². The average molecular weight is 170 g/mol.